The first-order chi connectivity index (χ1) is 8.69. The van der Waals surface area contributed by atoms with E-state index in [1.165, 1.54) is 12.1 Å². The Labute approximate surface area is 115 Å². The fourth-order valence-electron chi connectivity index (χ4n) is 1.64. The van der Waals surface area contributed by atoms with E-state index < -0.39 is 0 Å². The molecule has 4 heteroatoms. The third-order valence-corrected chi connectivity index (χ3v) is 4.06. The van der Waals surface area contributed by atoms with E-state index in [0.29, 0.717) is 11.6 Å². The van der Waals surface area contributed by atoms with E-state index in [-0.39, 0.29) is 11.1 Å². The van der Waals surface area contributed by atoms with Crippen molar-refractivity contribution in [1.82, 2.24) is 0 Å². The van der Waals surface area contributed by atoms with Gasteiger partial charge in [-0.1, -0.05) is 23.7 Å². The van der Waals surface area contributed by atoms with E-state index in [4.69, 9.17) is 17.3 Å². The first-order valence-electron chi connectivity index (χ1n) is 5.57. The molecule has 0 heterocycles. The van der Waals surface area contributed by atoms with E-state index in [1.54, 1.807) is 23.9 Å². The number of rotatable bonds is 4. The molecule has 2 N–H and O–H groups in total. The van der Waals surface area contributed by atoms with Gasteiger partial charge in [0.05, 0.1) is 0 Å². The molecule has 0 saturated carbocycles. The zero-order chi connectivity index (χ0) is 13.0. The molecule has 1 nitrogen and oxygen atoms in total. The minimum atomic E-state index is -0.230. The highest BCUT2D eigenvalue weighted by Crippen LogP contribution is 2.35. The molecule has 0 aliphatic carbocycles. The molecule has 1 unspecified atom stereocenters. The maximum atomic E-state index is 12.8. The Morgan fingerprint density at radius 2 is 1.89 bits per heavy atom. The molecule has 1 atom stereocenters. The first-order valence-corrected chi connectivity index (χ1v) is 6.82. The van der Waals surface area contributed by atoms with Gasteiger partial charge in [0.15, 0.2) is 0 Å². The predicted octanol–water partition coefficient (Wildman–Crippen LogP) is 4.27. The molecular formula is C14H13ClFNS. The summed E-state index contributed by atoms with van der Waals surface area (Å²) >= 11 is 7.58. The van der Waals surface area contributed by atoms with Gasteiger partial charge in [-0.05, 0) is 42.0 Å². The summed E-state index contributed by atoms with van der Waals surface area (Å²) in [5.41, 5.74) is 6.88. The average molecular weight is 282 g/mol. The van der Waals surface area contributed by atoms with Crippen molar-refractivity contribution < 1.29 is 4.39 Å². The van der Waals surface area contributed by atoms with Crippen molar-refractivity contribution >= 4 is 23.4 Å². The standard InChI is InChI=1S/C14H13ClFNS/c15-11-3-1-2-10(8-11)14(9-17)18-13-6-4-12(16)5-7-13/h1-8,14H,9,17H2. The summed E-state index contributed by atoms with van der Waals surface area (Å²) in [4.78, 5) is 0.992. The molecule has 0 bridgehead atoms. The number of hydrogen-bond acceptors (Lipinski definition) is 2. The van der Waals surface area contributed by atoms with Crippen LogP contribution in [0.25, 0.3) is 0 Å². The van der Waals surface area contributed by atoms with Gasteiger partial charge in [0.2, 0.25) is 0 Å². The fraction of sp³-hybridized carbons (Fsp3) is 0.143. The third kappa shape index (κ3) is 3.48. The molecular weight excluding hydrogens is 269 g/mol. The van der Waals surface area contributed by atoms with Crippen LogP contribution in [0.15, 0.2) is 53.4 Å². The lowest BCUT2D eigenvalue weighted by Gasteiger charge is -2.15. The molecule has 2 aromatic rings. The number of thioether (sulfide) groups is 1. The van der Waals surface area contributed by atoms with Gasteiger partial charge in [0, 0.05) is 21.7 Å². The topological polar surface area (TPSA) is 26.0 Å². The fourth-order valence-corrected chi connectivity index (χ4v) is 2.84. The molecule has 0 aliphatic heterocycles. The van der Waals surface area contributed by atoms with Crippen LogP contribution in [0.3, 0.4) is 0 Å². The van der Waals surface area contributed by atoms with Crippen molar-refractivity contribution in [1.29, 1.82) is 0 Å². The highest BCUT2D eigenvalue weighted by Gasteiger charge is 2.11. The van der Waals surface area contributed by atoms with Crippen molar-refractivity contribution in [2.24, 2.45) is 5.73 Å². The van der Waals surface area contributed by atoms with Crippen LogP contribution < -0.4 is 5.73 Å². The molecule has 0 spiro atoms. The SMILES string of the molecule is NCC(Sc1ccc(F)cc1)c1cccc(Cl)c1. The Balaban J connectivity index is 2.17. The lowest BCUT2D eigenvalue weighted by Crippen LogP contribution is -2.09. The van der Waals surface area contributed by atoms with E-state index in [1.807, 2.05) is 24.3 Å². The largest absolute Gasteiger partial charge is 0.329 e. The summed E-state index contributed by atoms with van der Waals surface area (Å²) in [5.74, 6) is -0.230. The van der Waals surface area contributed by atoms with Gasteiger partial charge >= 0.3 is 0 Å². The van der Waals surface area contributed by atoms with Crippen LogP contribution in [0, 0.1) is 5.82 Å². The third-order valence-electron chi connectivity index (χ3n) is 2.53. The number of nitrogens with two attached hydrogens (primary N) is 1. The van der Waals surface area contributed by atoms with Crippen molar-refractivity contribution in [3.63, 3.8) is 0 Å². The van der Waals surface area contributed by atoms with Gasteiger partial charge in [-0.15, -0.1) is 11.8 Å². The lowest BCUT2D eigenvalue weighted by atomic mass is 10.1. The van der Waals surface area contributed by atoms with Crippen molar-refractivity contribution in [3.05, 3.63) is 64.9 Å². The van der Waals surface area contributed by atoms with Crippen LogP contribution in [0.4, 0.5) is 4.39 Å². The summed E-state index contributed by atoms with van der Waals surface area (Å²) in [6, 6.07) is 14.1. The molecule has 0 saturated heterocycles. The Bertz CT molecular complexity index is 515. The van der Waals surface area contributed by atoms with Gasteiger partial charge in [0.1, 0.15) is 5.82 Å². The molecule has 94 valence electrons. The average Bonchev–Trinajstić information content (AvgIpc) is 2.38. The van der Waals surface area contributed by atoms with Crippen molar-refractivity contribution in [2.75, 3.05) is 6.54 Å². The molecule has 2 rings (SSSR count). The lowest BCUT2D eigenvalue weighted by molar-refractivity contribution is 0.626. The summed E-state index contributed by atoms with van der Waals surface area (Å²) in [5, 5.41) is 0.819. The summed E-state index contributed by atoms with van der Waals surface area (Å²) in [7, 11) is 0. The quantitative estimate of drug-likeness (QED) is 0.847. The molecule has 0 radical (unpaired) electrons. The predicted molar refractivity (Wildman–Crippen MR) is 75.5 cm³/mol. The van der Waals surface area contributed by atoms with Crippen molar-refractivity contribution in [2.45, 2.75) is 10.1 Å². The monoisotopic (exact) mass is 281 g/mol. The Hall–Kier alpha value is -1.03. The normalized spacial score (nSPS) is 12.4. The maximum absolute atomic E-state index is 12.8. The second-order valence-corrected chi connectivity index (χ2v) is 5.56. The van der Waals surface area contributed by atoms with E-state index in [9.17, 15) is 4.39 Å². The van der Waals surface area contributed by atoms with E-state index in [0.717, 1.165) is 10.5 Å². The second-order valence-electron chi connectivity index (χ2n) is 3.85. The zero-order valence-corrected chi connectivity index (χ0v) is 11.2. The molecule has 18 heavy (non-hydrogen) atoms. The van der Waals surface area contributed by atoms with Gasteiger partial charge in [-0.3, -0.25) is 0 Å². The van der Waals surface area contributed by atoms with Gasteiger partial charge in [-0.25, -0.2) is 4.39 Å². The van der Waals surface area contributed by atoms with Crippen LogP contribution >= 0.6 is 23.4 Å². The van der Waals surface area contributed by atoms with Gasteiger partial charge in [0.25, 0.3) is 0 Å². The van der Waals surface area contributed by atoms with Crippen LogP contribution in [-0.4, -0.2) is 6.54 Å². The molecule has 0 aromatic heterocycles. The number of halogens is 2. The Morgan fingerprint density at radius 3 is 2.50 bits per heavy atom. The molecule has 0 fully saturated rings. The van der Waals surface area contributed by atoms with E-state index >= 15 is 0 Å². The Morgan fingerprint density at radius 1 is 1.17 bits per heavy atom. The molecule has 0 aliphatic rings. The van der Waals surface area contributed by atoms with Gasteiger partial charge in [-0.2, -0.15) is 0 Å². The van der Waals surface area contributed by atoms with Crippen LogP contribution in [0.5, 0.6) is 0 Å². The zero-order valence-electron chi connectivity index (χ0n) is 9.64. The highest BCUT2D eigenvalue weighted by molar-refractivity contribution is 7.99. The van der Waals surface area contributed by atoms with Crippen LogP contribution in [0.2, 0.25) is 5.02 Å². The second kappa shape index (κ2) is 6.23. The minimum absolute atomic E-state index is 0.120. The minimum Gasteiger partial charge on any atom is -0.329 e. The maximum Gasteiger partial charge on any atom is 0.123 e. The van der Waals surface area contributed by atoms with E-state index in [2.05, 4.69) is 0 Å². The molecule has 0 amide bonds. The van der Waals surface area contributed by atoms with Gasteiger partial charge < -0.3 is 5.73 Å². The van der Waals surface area contributed by atoms with Crippen molar-refractivity contribution in [3.8, 4) is 0 Å². The van der Waals surface area contributed by atoms with Crippen LogP contribution in [-0.2, 0) is 0 Å². The first kappa shape index (κ1) is 13.4. The number of hydrogen-bond donors (Lipinski definition) is 1. The molecule has 2 aromatic carbocycles. The summed E-state index contributed by atoms with van der Waals surface area (Å²) in [6.07, 6.45) is 0. The number of benzene rings is 2. The Kier molecular flexibility index (Phi) is 4.64. The van der Waals surface area contributed by atoms with Crippen LogP contribution in [0.1, 0.15) is 10.8 Å². The summed E-state index contributed by atoms with van der Waals surface area (Å²) in [6.45, 7) is 0.502. The smallest absolute Gasteiger partial charge is 0.123 e. The summed E-state index contributed by atoms with van der Waals surface area (Å²) < 4.78 is 12.8. The highest BCUT2D eigenvalue weighted by atomic mass is 35.5.